The predicted octanol–water partition coefficient (Wildman–Crippen LogP) is 0.893. The molecule has 0 aromatic heterocycles. The zero-order valence-corrected chi connectivity index (χ0v) is 14.9. The molecule has 6 nitrogen and oxygen atoms in total. The van der Waals surface area contributed by atoms with E-state index in [1.165, 1.54) is 5.56 Å². The van der Waals surface area contributed by atoms with Gasteiger partial charge in [-0.2, -0.15) is 0 Å². The van der Waals surface area contributed by atoms with Crippen molar-refractivity contribution in [2.45, 2.75) is 13.3 Å². The molecule has 1 saturated heterocycles. The summed E-state index contributed by atoms with van der Waals surface area (Å²) in [4.78, 5) is 30.1. The highest BCUT2D eigenvalue weighted by Crippen LogP contribution is 2.11. The molecule has 1 aliphatic heterocycles. The van der Waals surface area contributed by atoms with Crippen molar-refractivity contribution in [3.05, 3.63) is 29.8 Å². The highest BCUT2D eigenvalue weighted by atomic mass is 16.2. The van der Waals surface area contributed by atoms with Crippen molar-refractivity contribution in [2.24, 2.45) is 0 Å². The minimum atomic E-state index is -0.00341. The van der Waals surface area contributed by atoms with Crippen molar-refractivity contribution < 1.29 is 9.59 Å². The standard InChI is InChI=1S/C18H28N4O2/c1-4-15-6-5-7-16(12-15)19-17(23)13-21-8-10-22(11-9-21)18(24)14-20(2)3/h5-7,12H,4,8-11,13-14H2,1-3H3,(H,19,23). The number of piperazine rings is 1. The van der Waals surface area contributed by atoms with E-state index < -0.39 is 0 Å². The Morgan fingerprint density at radius 1 is 1.17 bits per heavy atom. The summed E-state index contributed by atoms with van der Waals surface area (Å²) in [6.07, 6.45) is 0.951. The highest BCUT2D eigenvalue weighted by Gasteiger charge is 2.22. The van der Waals surface area contributed by atoms with E-state index >= 15 is 0 Å². The molecular formula is C18H28N4O2. The molecule has 0 aliphatic carbocycles. The monoisotopic (exact) mass is 332 g/mol. The average molecular weight is 332 g/mol. The first-order chi connectivity index (χ1) is 11.5. The topological polar surface area (TPSA) is 55.9 Å². The van der Waals surface area contributed by atoms with E-state index in [4.69, 9.17) is 0 Å². The number of nitrogens with zero attached hydrogens (tertiary/aromatic N) is 3. The van der Waals surface area contributed by atoms with Crippen molar-refractivity contribution in [3.8, 4) is 0 Å². The number of nitrogens with one attached hydrogen (secondary N) is 1. The van der Waals surface area contributed by atoms with E-state index in [1.54, 1.807) is 0 Å². The molecular weight excluding hydrogens is 304 g/mol. The molecule has 2 amide bonds. The van der Waals surface area contributed by atoms with E-state index in [1.807, 2.05) is 42.1 Å². The molecule has 0 radical (unpaired) electrons. The summed E-state index contributed by atoms with van der Waals surface area (Å²) in [5.41, 5.74) is 2.06. The Bertz CT molecular complexity index is 566. The van der Waals surface area contributed by atoms with Gasteiger partial charge in [0.25, 0.3) is 0 Å². The van der Waals surface area contributed by atoms with Crippen LogP contribution in [-0.4, -0.2) is 79.9 Å². The summed E-state index contributed by atoms with van der Waals surface area (Å²) in [6, 6.07) is 7.94. The molecule has 0 saturated carbocycles. The van der Waals surface area contributed by atoms with Crippen LogP contribution in [0.25, 0.3) is 0 Å². The van der Waals surface area contributed by atoms with E-state index in [0.717, 1.165) is 25.2 Å². The van der Waals surface area contributed by atoms with Crippen molar-refractivity contribution in [1.29, 1.82) is 0 Å². The van der Waals surface area contributed by atoms with Gasteiger partial charge in [0.15, 0.2) is 0 Å². The third-order valence-electron chi connectivity index (χ3n) is 4.16. The zero-order chi connectivity index (χ0) is 17.5. The summed E-state index contributed by atoms with van der Waals surface area (Å²) in [6.45, 7) is 5.75. The quantitative estimate of drug-likeness (QED) is 0.841. The number of rotatable bonds is 6. The lowest BCUT2D eigenvalue weighted by Gasteiger charge is -2.34. The summed E-state index contributed by atoms with van der Waals surface area (Å²) < 4.78 is 0. The summed E-state index contributed by atoms with van der Waals surface area (Å²) in [5.74, 6) is 0.150. The fourth-order valence-corrected chi connectivity index (χ4v) is 2.80. The number of carbonyl (C=O) groups is 2. The lowest BCUT2D eigenvalue weighted by atomic mass is 10.1. The number of carbonyl (C=O) groups excluding carboxylic acids is 2. The minimum Gasteiger partial charge on any atom is -0.339 e. The van der Waals surface area contributed by atoms with E-state index in [-0.39, 0.29) is 11.8 Å². The molecule has 0 bridgehead atoms. The molecule has 1 N–H and O–H groups in total. The molecule has 1 aliphatic rings. The van der Waals surface area contributed by atoms with Crippen LogP contribution in [0.2, 0.25) is 0 Å². The van der Waals surface area contributed by atoms with Crippen LogP contribution in [0.4, 0.5) is 5.69 Å². The van der Waals surface area contributed by atoms with Gasteiger partial charge in [-0.05, 0) is 38.2 Å². The lowest BCUT2D eigenvalue weighted by Crippen LogP contribution is -2.52. The number of likely N-dealkylation sites (N-methyl/N-ethyl adjacent to an activating group) is 1. The molecule has 6 heteroatoms. The smallest absolute Gasteiger partial charge is 0.238 e. The van der Waals surface area contributed by atoms with Crippen LogP contribution in [0.3, 0.4) is 0 Å². The van der Waals surface area contributed by atoms with Crippen LogP contribution in [0.5, 0.6) is 0 Å². The van der Waals surface area contributed by atoms with Gasteiger partial charge in [0.1, 0.15) is 0 Å². The summed E-state index contributed by atoms with van der Waals surface area (Å²) in [7, 11) is 3.79. The second kappa shape index (κ2) is 8.80. The van der Waals surface area contributed by atoms with Gasteiger partial charge >= 0.3 is 0 Å². The molecule has 24 heavy (non-hydrogen) atoms. The normalized spacial score (nSPS) is 15.6. The zero-order valence-electron chi connectivity index (χ0n) is 14.9. The summed E-state index contributed by atoms with van der Waals surface area (Å²) in [5, 5.41) is 2.96. The third kappa shape index (κ3) is 5.62. The van der Waals surface area contributed by atoms with Crippen molar-refractivity contribution in [1.82, 2.24) is 14.7 Å². The van der Waals surface area contributed by atoms with Crippen LogP contribution < -0.4 is 5.32 Å². The number of benzene rings is 1. The number of hydrogen-bond donors (Lipinski definition) is 1. The van der Waals surface area contributed by atoms with E-state index in [9.17, 15) is 9.59 Å². The molecule has 132 valence electrons. The highest BCUT2D eigenvalue weighted by molar-refractivity contribution is 5.92. The van der Waals surface area contributed by atoms with E-state index in [2.05, 4.69) is 23.2 Å². The number of anilines is 1. The maximum atomic E-state index is 12.2. The maximum absolute atomic E-state index is 12.2. The fourth-order valence-electron chi connectivity index (χ4n) is 2.80. The third-order valence-corrected chi connectivity index (χ3v) is 4.16. The SMILES string of the molecule is CCc1cccc(NC(=O)CN2CCN(C(=O)CN(C)C)CC2)c1. The first-order valence-corrected chi connectivity index (χ1v) is 8.51. The fraction of sp³-hybridized carbons (Fsp3) is 0.556. The lowest BCUT2D eigenvalue weighted by molar-refractivity contribution is -0.133. The van der Waals surface area contributed by atoms with Gasteiger partial charge < -0.3 is 15.1 Å². The van der Waals surface area contributed by atoms with Crippen LogP contribution in [0.1, 0.15) is 12.5 Å². The summed E-state index contributed by atoms with van der Waals surface area (Å²) >= 11 is 0. The Labute approximate surface area is 144 Å². The second-order valence-electron chi connectivity index (χ2n) is 6.50. The molecule has 0 unspecified atom stereocenters. The predicted molar refractivity (Wildman–Crippen MR) is 96.0 cm³/mol. The Hall–Kier alpha value is -1.92. The van der Waals surface area contributed by atoms with Crippen LogP contribution >= 0.6 is 0 Å². The van der Waals surface area contributed by atoms with Gasteiger partial charge in [0.2, 0.25) is 11.8 Å². The molecule has 0 spiro atoms. The van der Waals surface area contributed by atoms with Gasteiger partial charge in [-0.3, -0.25) is 14.5 Å². The first kappa shape index (κ1) is 18.4. The Kier molecular flexibility index (Phi) is 6.75. The Morgan fingerprint density at radius 2 is 1.88 bits per heavy atom. The largest absolute Gasteiger partial charge is 0.339 e. The Morgan fingerprint density at radius 3 is 2.50 bits per heavy atom. The Balaban J connectivity index is 1.76. The van der Waals surface area contributed by atoms with Crippen LogP contribution in [0, 0.1) is 0 Å². The van der Waals surface area contributed by atoms with Gasteiger partial charge in [-0.1, -0.05) is 19.1 Å². The average Bonchev–Trinajstić information content (AvgIpc) is 2.55. The van der Waals surface area contributed by atoms with Gasteiger partial charge in [-0.25, -0.2) is 0 Å². The van der Waals surface area contributed by atoms with Crippen molar-refractivity contribution in [3.63, 3.8) is 0 Å². The van der Waals surface area contributed by atoms with Crippen molar-refractivity contribution >= 4 is 17.5 Å². The number of amides is 2. The minimum absolute atomic E-state index is 0.00341. The molecule has 1 fully saturated rings. The van der Waals surface area contributed by atoms with Crippen LogP contribution in [0.15, 0.2) is 24.3 Å². The van der Waals surface area contributed by atoms with Gasteiger partial charge in [-0.15, -0.1) is 0 Å². The molecule has 0 atom stereocenters. The molecule has 1 aromatic carbocycles. The number of aryl methyl sites for hydroxylation is 1. The maximum Gasteiger partial charge on any atom is 0.238 e. The first-order valence-electron chi connectivity index (χ1n) is 8.51. The van der Waals surface area contributed by atoms with Crippen molar-refractivity contribution in [2.75, 3.05) is 58.7 Å². The van der Waals surface area contributed by atoms with Gasteiger partial charge in [0, 0.05) is 31.9 Å². The molecule has 2 rings (SSSR count). The molecule has 1 heterocycles. The number of hydrogen-bond acceptors (Lipinski definition) is 4. The van der Waals surface area contributed by atoms with Gasteiger partial charge in [0.05, 0.1) is 13.1 Å². The second-order valence-corrected chi connectivity index (χ2v) is 6.50. The van der Waals surface area contributed by atoms with Crippen LogP contribution in [-0.2, 0) is 16.0 Å². The molecule has 1 aromatic rings. The van der Waals surface area contributed by atoms with E-state index in [0.29, 0.717) is 26.2 Å².